The lowest BCUT2D eigenvalue weighted by atomic mass is 10.3. The molecule has 0 atom stereocenters. The Hall–Kier alpha value is -1.69. The zero-order valence-corrected chi connectivity index (χ0v) is 11.3. The van der Waals surface area contributed by atoms with Crippen LogP contribution in [0.5, 0.6) is 6.01 Å². The zero-order chi connectivity index (χ0) is 13.2. The van der Waals surface area contributed by atoms with Crippen molar-refractivity contribution in [3.8, 4) is 12.0 Å². The van der Waals surface area contributed by atoms with Gasteiger partial charge in [-0.3, -0.25) is 0 Å². The van der Waals surface area contributed by atoms with Crippen molar-refractivity contribution >= 4 is 11.6 Å². The van der Waals surface area contributed by atoms with Crippen LogP contribution >= 0.6 is 11.6 Å². The summed E-state index contributed by atoms with van der Waals surface area (Å²) in [7, 11) is 0. The van der Waals surface area contributed by atoms with E-state index in [0.717, 1.165) is 12.1 Å². The third-order valence-electron chi connectivity index (χ3n) is 2.82. The molecule has 3 rings (SSSR count). The maximum atomic E-state index is 5.88. The minimum absolute atomic E-state index is 0.111. The molecular formula is C12H14ClN5O. The lowest BCUT2D eigenvalue weighted by molar-refractivity contribution is 0.290. The molecule has 0 aromatic carbocycles. The van der Waals surface area contributed by atoms with Crippen molar-refractivity contribution in [2.75, 3.05) is 6.61 Å². The van der Waals surface area contributed by atoms with E-state index in [-0.39, 0.29) is 11.3 Å². The average molecular weight is 280 g/mol. The highest BCUT2D eigenvalue weighted by atomic mass is 35.5. The summed E-state index contributed by atoms with van der Waals surface area (Å²) in [6, 6.07) is 2.22. The maximum Gasteiger partial charge on any atom is 0.322 e. The van der Waals surface area contributed by atoms with Crippen LogP contribution in [0.1, 0.15) is 37.8 Å². The van der Waals surface area contributed by atoms with Crippen molar-refractivity contribution in [1.82, 2.24) is 24.7 Å². The van der Waals surface area contributed by atoms with Crippen LogP contribution in [0.3, 0.4) is 0 Å². The van der Waals surface area contributed by atoms with E-state index in [2.05, 4.69) is 20.1 Å². The van der Waals surface area contributed by atoms with E-state index in [9.17, 15) is 0 Å². The normalized spacial score (nSPS) is 14.6. The second kappa shape index (κ2) is 5.13. The van der Waals surface area contributed by atoms with Gasteiger partial charge in [0.2, 0.25) is 5.28 Å². The van der Waals surface area contributed by atoms with Crippen LogP contribution in [0.4, 0.5) is 0 Å². The van der Waals surface area contributed by atoms with Gasteiger partial charge in [0.05, 0.1) is 12.3 Å². The Morgan fingerprint density at radius 1 is 1.37 bits per heavy atom. The lowest BCUT2D eigenvalue weighted by Crippen LogP contribution is -2.07. The Morgan fingerprint density at radius 2 is 2.21 bits per heavy atom. The molecule has 100 valence electrons. The summed E-state index contributed by atoms with van der Waals surface area (Å²) < 4.78 is 6.99. The molecule has 0 bridgehead atoms. The predicted molar refractivity (Wildman–Crippen MR) is 69.7 cm³/mol. The van der Waals surface area contributed by atoms with Crippen LogP contribution in [-0.4, -0.2) is 31.3 Å². The van der Waals surface area contributed by atoms with E-state index in [1.165, 1.54) is 12.8 Å². The van der Waals surface area contributed by atoms with Crippen LogP contribution in [0.25, 0.3) is 5.95 Å². The molecule has 0 amide bonds. The molecule has 0 spiro atoms. The Balaban J connectivity index is 1.87. The number of rotatable bonds is 5. The maximum absolute atomic E-state index is 5.88. The summed E-state index contributed by atoms with van der Waals surface area (Å²) >= 11 is 5.88. The van der Waals surface area contributed by atoms with Gasteiger partial charge in [-0.05, 0) is 36.9 Å². The molecule has 0 radical (unpaired) electrons. The van der Waals surface area contributed by atoms with Crippen molar-refractivity contribution in [2.45, 2.75) is 32.1 Å². The summed E-state index contributed by atoms with van der Waals surface area (Å²) in [5.74, 6) is 0.979. The van der Waals surface area contributed by atoms with Gasteiger partial charge < -0.3 is 4.74 Å². The molecule has 0 saturated heterocycles. The molecule has 2 heterocycles. The van der Waals surface area contributed by atoms with E-state index in [4.69, 9.17) is 16.3 Å². The second-order valence-corrected chi connectivity index (χ2v) is 4.83. The van der Waals surface area contributed by atoms with Gasteiger partial charge in [-0.1, -0.05) is 6.92 Å². The highest BCUT2D eigenvalue weighted by Crippen LogP contribution is 2.38. The summed E-state index contributed by atoms with van der Waals surface area (Å²) in [4.78, 5) is 12.2. The molecule has 2 aromatic rings. The molecule has 1 aliphatic rings. The van der Waals surface area contributed by atoms with Crippen molar-refractivity contribution in [2.24, 2.45) is 0 Å². The number of nitrogens with zero attached hydrogens (tertiary/aromatic N) is 5. The summed E-state index contributed by atoms with van der Waals surface area (Å²) in [6.45, 7) is 2.56. The zero-order valence-electron chi connectivity index (χ0n) is 10.6. The highest BCUT2D eigenvalue weighted by Gasteiger charge is 2.26. The number of hydrogen-bond donors (Lipinski definition) is 0. The third kappa shape index (κ3) is 2.84. The average Bonchev–Trinajstić information content (AvgIpc) is 3.13. The van der Waals surface area contributed by atoms with E-state index in [1.807, 2.05) is 19.2 Å². The highest BCUT2D eigenvalue weighted by molar-refractivity contribution is 6.28. The van der Waals surface area contributed by atoms with E-state index in [0.29, 0.717) is 18.5 Å². The molecule has 7 heteroatoms. The number of halogens is 1. The molecule has 1 saturated carbocycles. The molecule has 1 fully saturated rings. The van der Waals surface area contributed by atoms with Crippen LogP contribution in [0, 0.1) is 0 Å². The smallest absolute Gasteiger partial charge is 0.322 e. The fraction of sp³-hybridized carbons (Fsp3) is 0.500. The summed E-state index contributed by atoms with van der Waals surface area (Å²) in [5, 5.41) is 4.57. The summed E-state index contributed by atoms with van der Waals surface area (Å²) in [6.07, 6.45) is 5.13. The second-order valence-electron chi connectivity index (χ2n) is 4.49. The van der Waals surface area contributed by atoms with Crippen molar-refractivity contribution in [3.05, 3.63) is 23.2 Å². The lowest BCUT2D eigenvalue weighted by Gasteiger charge is -2.04. The monoisotopic (exact) mass is 279 g/mol. The standard InChI is InChI=1S/C12H14ClN5O/c1-2-7-19-12-15-10(13)14-11(16-12)18-6-5-9(17-18)8-3-4-8/h5-6,8H,2-4,7H2,1H3. The number of aromatic nitrogens is 5. The van der Waals surface area contributed by atoms with E-state index < -0.39 is 0 Å². The molecule has 2 aromatic heterocycles. The van der Waals surface area contributed by atoms with Gasteiger partial charge in [0.15, 0.2) is 0 Å². The molecule has 19 heavy (non-hydrogen) atoms. The Morgan fingerprint density at radius 3 is 2.95 bits per heavy atom. The first-order valence-corrected chi connectivity index (χ1v) is 6.74. The van der Waals surface area contributed by atoms with Crippen molar-refractivity contribution in [1.29, 1.82) is 0 Å². The summed E-state index contributed by atoms with van der Waals surface area (Å²) in [5.41, 5.74) is 1.08. The fourth-order valence-corrected chi connectivity index (χ4v) is 1.88. The number of ether oxygens (including phenoxy) is 1. The molecule has 0 N–H and O–H groups in total. The number of hydrogen-bond acceptors (Lipinski definition) is 5. The van der Waals surface area contributed by atoms with Gasteiger partial charge in [-0.2, -0.15) is 20.1 Å². The van der Waals surface area contributed by atoms with Gasteiger partial charge in [0.1, 0.15) is 0 Å². The van der Waals surface area contributed by atoms with Gasteiger partial charge in [0, 0.05) is 12.1 Å². The van der Waals surface area contributed by atoms with Crippen molar-refractivity contribution < 1.29 is 4.74 Å². The Labute approximate surface area is 115 Å². The van der Waals surface area contributed by atoms with Gasteiger partial charge in [-0.25, -0.2) is 4.68 Å². The Kier molecular flexibility index (Phi) is 3.33. The first-order chi connectivity index (χ1) is 9.26. The minimum atomic E-state index is 0.111. The fourth-order valence-electron chi connectivity index (χ4n) is 1.73. The quantitative estimate of drug-likeness (QED) is 0.841. The first-order valence-electron chi connectivity index (χ1n) is 6.36. The van der Waals surface area contributed by atoms with Crippen LogP contribution < -0.4 is 4.74 Å². The third-order valence-corrected chi connectivity index (χ3v) is 2.99. The predicted octanol–water partition coefficient (Wildman–Crippen LogP) is 2.38. The van der Waals surface area contributed by atoms with Crippen LogP contribution in [0.2, 0.25) is 5.28 Å². The van der Waals surface area contributed by atoms with Gasteiger partial charge in [-0.15, -0.1) is 0 Å². The van der Waals surface area contributed by atoms with E-state index in [1.54, 1.807) is 4.68 Å². The SMILES string of the molecule is CCCOc1nc(Cl)nc(-n2ccc(C3CC3)n2)n1. The van der Waals surface area contributed by atoms with E-state index >= 15 is 0 Å². The van der Waals surface area contributed by atoms with Gasteiger partial charge in [0.25, 0.3) is 5.95 Å². The topological polar surface area (TPSA) is 65.7 Å². The van der Waals surface area contributed by atoms with Crippen LogP contribution in [0.15, 0.2) is 12.3 Å². The molecular weight excluding hydrogens is 266 g/mol. The van der Waals surface area contributed by atoms with Crippen molar-refractivity contribution in [3.63, 3.8) is 0 Å². The largest absolute Gasteiger partial charge is 0.463 e. The molecule has 0 unspecified atom stereocenters. The molecule has 6 nitrogen and oxygen atoms in total. The first kappa shape index (κ1) is 12.3. The molecule has 0 aliphatic heterocycles. The Bertz CT molecular complexity index is 581. The minimum Gasteiger partial charge on any atom is -0.463 e. The van der Waals surface area contributed by atoms with Crippen LogP contribution in [-0.2, 0) is 0 Å². The molecule has 1 aliphatic carbocycles. The van der Waals surface area contributed by atoms with Gasteiger partial charge >= 0.3 is 6.01 Å².